The van der Waals surface area contributed by atoms with Crippen LogP contribution in [-0.2, 0) is 6.54 Å². The van der Waals surface area contributed by atoms with Crippen molar-refractivity contribution < 1.29 is 4.74 Å². The van der Waals surface area contributed by atoms with Gasteiger partial charge < -0.3 is 10.1 Å². The fourth-order valence-corrected chi connectivity index (χ4v) is 2.35. The Morgan fingerprint density at radius 3 is 2.67 bits per heavy atom. The number of hydrogen-bond acceptors (Lipinski definition) is 2. The van der Waals surface area contributed by atoms with Crippen molar-refractivity contribution in [3.63, 3.8) is 0 Å². The molecule has 0 aromatic heterocycles. The molecule has 0 heterocycles. The van der Waals surface area contributed by atoms with Crippen molar-refractivity contribution in [2.45, 2.75) is 26.8 Å². The SMILES string of the molecule is CCCNCc1ccc(Oc2cccc(Cl)c2Cl)cc1C. The summed E-state index contributed by atoms with van der Waals surface area (Å²) in [6.45, 7) is 6.13. The highest BCUT2D eigenvalue weighted by Gasteiger charge is 2.07. The maximum Gasteiger partial charge on any atom is 0.147 e. The van der Waals surface area contributed by atoms with Crippen LogP contribution in [0.2, 0.25) is 10.0 Å². The van der Waals surface area contributed by atoms with Crippen molar-refractivity contribution in [3.05, 3.63) is 57.6 Å². The molecule has 0 fully saturated rings. The highest BCUT2D eigenvalue weighted by molar-refractivity contribution is 6.42. The minimum atomic E-state index is 0.436. The van der Waals surface area contributed by atoms with Crippen molar-refractivity contribution in [3.8, 4) is 11.5 Å². The Kier molecular flexibility index (Phi) is 5.92. The van der Waals surface area contributed by atoms with Gasteiger partial charge in [-0.1, -0.05) is 42.3 Å². The molecule has 112 valence electrons. The first-order valence-corrected chi connectivity index (χ1v) is 7.79. The predicted molar refractivity (Wildman–Crippen MR) is 89.7 cm³/mol. The second-order valence-corrected chi connectivity index (χ2v) is 5.70. The lowest BCUT2D eigenvalue weighted by Crippen LogP contribution is -2.14. The number of nitrogens with one attached hydrogen (secondary N) is 1. The van der Waals surface area contributed by atoms with E-state index in [9.17, 15) is 0 Å². The standard InChI is InChI=1S/C17H19Cl2NO/c1-3-9-20-11-13-7-8-14(10-12(13)2)21-16-6-4-5-15(18)17(16)19/h4-8,10,20H,3,9,11H2,1-2H3. The fraction of sp³-hybridized carbons (Fsp3) is 0.294. The summed E-state index contributed by atoms with van der Waals surface area (Å²) in [5, 5.41) is 4.33. The summed E-state index contributed by atoms with van der Waals surface area (Å²) in [5.74, 6) is 1.33. The second kappa shape index (κ2) is 7.69. The highest BCUT2D eigenvalue weighted by atomic mass is 35.5. The molecule has 0 radical (unpaired) electrons. The van der Waals surface area contributed by atoms with Crippen LogP contribution in [0.4, 0.5) is 0 Å². The zero-order valence-electron chi connectivity index (χ0n) is 12.2. The van der Waals surface area contributed by atoms with E-state index in [-0.39, 0.29) is 0 Å². The van der Waals surface area contributed by atoms with Crippen LogP contribution in [0.1, 0.15) is 24.5 Å². The number of benzene rings is 2. The van der Waals surface area contributed by atoms with Crippen LogP contribution in [0.15, 0.2) is 36.4 Å². The summed E-state index contributed by atoms with van der Waals surface area (Å²) < 4.78 is 5.81. The Hall–Kier alpha value is -1.22. The molecule has 0 aliphatic rings. The second-order valence-electron chi connectivity index (χ2n) is 4.92. The Morgan fingerprint density at radius 1 is 1.14 bits per heavy atom. The molecular formula is C17H19Cl2NO. The summed E-state index contributed by atoms with van der Waals surface area (Å²) in [6.07, 6.45) is 1.13. The average molecular weight is 324 g/mol. The largest absolute Gasteiger partial charge is 0.456 e. The van der Waals surface area contributed by atoms with Crippen LogP contribution in [0, 0.1) is 6.92 Å². The van der Waals surface area contributed by atoms with Gasteiger partial charge >= 0.3 is 0 Å². The van der Waals surface area contributed by atoms with E-state index < -0.39 is 0 Å². The lowest BCUT2D eigenvalue weighted by atomic mass is 10.1. The lowest BCUT2D eigenvalue weighted by Gasteiger charge is -2.12. The van der Waals surface area contributed by atoms with Crippen LogP contribution in [0.25, 0.3) is 0 Å². The van der Waals surface area contributed by atoms with E-state index in [0.717, 1.165) is 25.3 Å². The number of hydrogen-bond donors (Lipinski definition) is 1. The van der Waals surface area contributed by atoms with Gasteiger partial charge in [-0.15, -0.1) is 0 Å². The van der Waals surface area contributed by atoms with Gasteiger partial charge in [0.15, 0.2) is 0 Å². The fourth-order valence-electron chi connectivity index (χ4n) is 2.02. The molecule has 0 saturated heterocycles. The van der Waals surface area contributed by atoms with Crippen LogP contribution in [-0.4, -0.2) is 6.54 Å². The highest BCUT2D eigenvalue weighted by Crippen LogP contribution is 2.34. The van der Waals surface area contributed by atoms with E-state index in [1.54, 1.807) is 12.1 Å². The van der Waals surface area contributed by atoms with Gasteiger partial charge in [-0.25, -0.2) is 0 Å². The predicted octanol–water partition coefficient (Wildman–Crippen LogP) is 5.59. The molecule has 2 aromatic rings. The van der Waals surface area contributed by atoms with E-state index in [4.69, 9.17) is 27.9 Å². The van der Waals surface area contributed by atoms with Crippen molar-refractivity contribution >= 4 is 23.2 Å². The Balaban J connectivity index is 2.11. The molecule has 0 aliphatic carbocycles. The van der Waals surface area contributed by atoms with Gasteiger partial charge in [0.25, 0.3) is 0 Å². The van der Waals surface area contributed by atoms with Crippen molar-refractivity contribution in [2.24, 2.45) is 0 Å². The zero-order chi connectivity index (χ0) is 15.2. The lowest BCUT2D eigenvalue weighted by molar-refractivity contribution is 0.482. The van der Waals surface area contributed by atoms with Gasteiger partial charge in [-0.3, -0.25) is 0 Å². The summed E-state index contributed by atoms with van der Waals surface area (Å²) in [5.41, 5.74) is 2.46. The summed E-state index contributed by atoms with van der Waals surface area (Å²) in [6, 6.07) is 11.4. The number of ether oxygens (including phenoxy) is 1. The van der Waals surface area contributed by atoms with E-state index in [1.807, 2.05) is 18.2 Å². The molecule has 2 aromatic carbocycles. The van der Waals surface area contributed by atoms with E-state index in [0.29, 0.717) is 15.8 Å². The first kappa shape index (κ1) is 16.2. The number of halogens is 2. The van der Waals surface area contributed by atoms with E-state index in [1.165, 1.54) is 11.1 Å². The topological polar surface area (TPSA) is 21.3 Å². The normalized spacial score (nSPS) is 10.7. The maximum absolute atomic E-state index is 6.13. The third kappa shape index (κ3) is 4.37. The quantitative estimate of drug-likeness (QED) is 0.699. The van der Waals surface area contributed by atoms with Crippen LogP contribution >= 0.6 is 23.2 Å². The molecule has 0 spiro atoms. The van der Waals surface area contributed by atoms with Crippen molar-refractivity contribution in [1.82, 2.24) is 5.32 Å². The monoisotopic (exact) mass is 323 g/mol. The van der Waals surface area contributed by atoms with Gasteiger partial charge in [0.05, 0.1) is 5.02 Å². The number of aryl methyl sites for hydroxylation is 1. The van der Waals surface area contributed by atoms with Crippen LogP contribution in [0.3, 0.4) is 0 Å². The van der Waals surface area contributed by atoms with Gasteiger partial charge in [-0.2, -0.15) is 0 Å². The zero-order valence-corrected chi connectivity index (χ0v) is 13.8. The smallest absolute Gasteiger partial charge is 0.147 e. The molecule has 0 saturated carbocycles. The molecule has 2 rings (SSSR count). The van der Waals surface area contributed by atoms with Crippen molar-refractivity contribution in [1.29, 1.82) is 0 Å². The van der Waals surface area contributed by atoms with Gasteiger partial charge in [0.2, 0.25) is 0 Å². The van der Waals surface area contributed by atoms with Gasteiger partial charge in [0, 0.05) is 6.54 Å². The minimum Gasteiger partial charge on any atom is -0.456 e. The Morgan fingerprint density at radius 2 is 1.95 bits per heavy atom. The Labute approximate surface area is 136 Å². The molecule has 2 nitrogen and oxygen atoms in total. The first-order chi connectivity index (χ1) is 10.1. The third-order valence-electron chi connectivity index (χ3n) is 3.20. The molecule has 0 atom stereocenters. The van der Waals surface area contributed by atoms with Gasteiger partial charge in [0.1, 0.15) is 16.5 Å². The van der Waals surface area contributed by atoms with Crippen LogP contribution < -0.4 is 10.1 Å². The first-order valence-electron chi connectivity index (χ1n) is 7.04. The van der Waals surface area contributed by atoms with Crippen LogP contribution in [0.5, 0.6) is 11.5 Å². The Bertz CT molecular complexity index is 614. The molecule has 0 amide bonds. The molecule has 0 aliphatic heterocycles. The number of rotatable bonds is 6. The maximum atomic E-state index is 6.13. The molecule has 0 bridgehead atoms. The summed E-state index contributed by atoms with van der Waals surface area (Å²) in [4.78, 5) is 0. The summed E-state index contributed by atoms with van der Waals surface area (Å²) in [7, 11) is 0. The average Bonchev–Trinajstić information content (AvgIpc) is 2.46. The van der Waals surface area contributed by atoms with Gasteiger partial charge in [-0.05, 0) is 55.3 Å². The molecule has 21 heavy (non-hydrogen) atoms. The molecule has 4 heteroatoms. The molecule has 0 unspecified atom stereocenters. The van der Waals surface area contributed by atoms with Crippen molar-refractivity contribution in [2.75, 3.05) is 6.54 Å². The van der Waals surface area contributed by atoms with E-state index >= 15 is 0 Å². The molecule has 1 N–H and O–H groups in total. The minimum absolute atomic E-state index is 0.436. The van der Waals surface area contributed by atoms with E-state index in [2.05, 4.69) is 25.2 Å². The third-order valence-corrected chi connectivity index (χ3v) is 4.00. The molecular weight excluding hydrogens is 305 g/mol. The summed E-state index contributed by atoms with van der Waals surface area (Å²) >= 11 is 12.1.